The SMILES string of the molecule is Cc1cc(-c2cnn3c2C(=O)N(c2cccc(OC(F)(F)F)c2)C[C@@H]3C)ccn1. The number of alkyl halides is 3. The number of aryl methyl sites for hydroxylation is 1. The van der Waals surface area contributed by atoms with Crippen molar-refractivity contribution in [2.24, 2.45) is 0 Å². The lowest BCUT2D eigenvalue weighted by Crippen LogP contribution is -2.42. The number of rotatable bonds is 3. The predicted octanol–water partition coefficient (Wildman–Crippen LogP) is 4.37. The van der Waals surface area contributed by atoms with E-state index < -0.39 is 6.36 Å². The number of halogens is 3. The molecule has 0 spiro atoms. The molecule has 3 heterocycles. The normalized spacial score (nSPS) is 16.7. The minimum atomic E-state index is -4.80. The zero-order chi connectivity index (χ0) is 20.8. The Morgan fingerprint density at radius 3 is 2.72 bits per heavy atom. The first-order valence-corrected chi connectivity index (χ1v) is 8.91. The number of ether oxygens (including phenoxy) is 1. The highest BCUT2D eigenvalue weighted by atomic mass is 19.4. The molecule has 0 unspecified atom stereocenters. The molecule has 0 saturated heterocycles. The summed E-state index contributed by atoms with van der Waals surface area (Å²) in [5.74, 6) is -0.714. The van der Waals surface area contributed by atoms with Crippen molar-refractivity contribution in [2.45, 2.75) is 26.3 Å². The number of carbonyl (C=O) groups excluding carboxylic acids is 1. The van der Waals surface area contributed by atoms with Crippen LogP contribution in [-0.2, 0) is 0 Å². The van der Waals surface area contributed by atoms with E-state index in [0.29, 0.717) is 16.9 Å². The molecule has 0 saturated carbocycles. The van der Waals surface area contributed by atoms with Crippen LogP contribution in [0.2, 0.25) is 0 Å². The summed E-state index contributed by atoms with van der Waals surface area (Å²) in [5.41, 5.74) is 2.96. The molecule has 0 aliphatic carbocycles. The third-order valence-electron chi connectivity index (χ3n) is 4.68. The van der Waals surface area contributed by atoms with Crippen LogP contribution in [0.1, 0.15) is 29.1 Å². The molecule has 1 aliphatic heterocycles. The smallest absolute Gasteiger partial charge is 0.406 e. The predicted molar refractivity (Wildman–Crippen MR) is 99.7 cm³/mol. The van der Waals surface area contributed by atoms with Gasteiger partial charge in [0.05, 0.1) is 12.2 Å². The quantitative estimate of drug-likeness (QED) is 0.653. The molecule has 0 radical (unpaired) electrons. The molecular formula is C20H17F3N4O2. The van der Waals surface area contributed by atoms with Gasteiger partial charge in [-0.1, -0.05) is 6.07 Å². The molecule has 1 aliphatic rings. The average molecular weight is 402 g/mol. The summed E-state index contributed by atoms with van der Waals surface area (Å²) in [5, 5.41) is 4.36. The van der Waals surface area contributed by atoms with Gasteiger partial charge in [0.15, 0.2) is 0 Å². The van der Waals surface area contributed by atoms with Crippen molar-refractivity contribution in [3.8, 4) is 16.9 Å². The average Bonchev–Trinajstić information content (AvgIpc) is 3.09. The Bertz CT molecular complexity index is 1080. The third-order valence-corrected chi connectivity index (χ3v) is 4.68. The minimum Gasteiger partial charge on any atom is -0.406 e. The van der Waals surface area contributed by atoms with Gasteiger partial charge in [0.25, 0.3) is 5.91 Å². The molecule has 6 nitrogen and oxygen atoms in total. The van der Waals surface area contributed by atoms with Gasteiger partial charge in [-0.3, -0.25) is 14.5 Å². The molecule has 9 heteroatoms. The standard InChI is InChI=1S/C20H17F3N4O2/c1-12-8-14(6-7-24-12)17-10-25-27-13(2)11-26(19(28)18(17)27)15-4-3-5-16(9-15)29-20(21,22)23/h3-10,13H,11H2,1-2H3/t13-/m0/s1. The summed E-state index contributed by atoms with van der Waals surface area (Å²) in [6, 6.07) is 8.90. The van der Waals surface area contributed by atoms with E-state index in [1.807, 2.05) is 19.9 Å². The van der Waals surface area contributed by atoms with E-state index in [0.717, 1.165) is 11.3 Å². The second kappa shape index (κ2) is 6.91. The van der Waals surface area contributed by atoms with Gasteiger partial charge in [-0.15, -0.1) is 13.2 Å². The van der Waals surface area contributed by atoms with Gasteiger partial charge >= 0.3 is 6.36 Å². The number of benzene rings is 1. The van der Waals surface area contributed by atoms with Crippen LogP contribution in [0.3, 0.4) is 0 Å². The van der Waals surface area contributed by atoms with Crippen LogP contribution < -0.4 is 9.64 Å². The van der Waals surface area contributed by atoms with Crippen molar-refractivity contribution in [3.63, 3.8) is 0 Å². The zero-order valence-corrected chi connectivity index (χ0v) is 15.6. The number of amides is 1. The van der Waals surface area contributed by atoms with E-state index in [-0.39, 0.29) is 24.2 Å². The van der Waals surface area contributed by atoms with Gasteiger partial charge in [0, 0.05) is 35.8 Å². The largest absolute Gasteiger partial charge is 0.573 e. The first kappa shape index (κ1) is 19.0. The molecule has 3 aromatic rings. The maximum absolute atomic E-state index is 13.3. The lowest BCUT2D eigenvalue weighted by molar-refractivity contribution is -0.274. The molecular weight excluding hydrogens is 385 g/mol. The number of anilines is 1. The van der Waals surface area contributed by atoms with Crippen molar-refractivity contribution in [3.05, 3.63) is 60.2 Å². The van der Waals surface area contributed by atoms with Gasteiger partial charge in [0.2, 0.25) is 0 Å². The summed E-state index contributed by atoms with van der Waals surface area (Å²) in [6.45, 7) is 4.02. The van der Waals surface area contributed by atoms with Gasteiger partial charge in [-0.25, -0.2) is 0 Å². The third kappa shape index (κ3) is 3.67. The van der Waals surface area contributed by atoms with E-state index in [1.54, 1.807) is 29.2 Å². The molecule has 1 atom stereocenters. The molecule has 150 valence electrons. The van der Waals surface area contributed by atoms with Gasteiger partial charge in [0.1, 0.15) is 11.4 Å². The lowest BCUT2D eigenvalue weighted by Gasteiger charge is -2.32. The second-order valence-electron chi connectivity index (χ2n) is 6.85. The van der Waals surface area contributed by atoms with Crippen molar-refractivity contribution < 1.29 is 22.7 Å². The van der Waals surface area contributed by atoms with Crippen LogP contribution >= 0.6 is 0 Å². The van der Waals surface area contributed by atoms with Crippen LogP contribution in [0, 0.1) is 6.92 Å². The Morgan fingerprint density at radius 1 is 1.21 bits per heavy atom. The number of carbonyl (C=O) groups is 1. The number of nitrogens with zero attached hydrogens (tertiary/aromatic N) is 4. The summed E-state index contributed by atoms with van der Waals surface area (Å²) >= 11 is 0. The monoisotopic (exact) mass is 402 g/mol. The van der Waals surface area contributed by atoms with E-state index in [4.69, 9.17) is 0 Å². The fourth-order valence-corrected chi connectivity index (χ4v) is 3.46. The highest BCUT2D eigenvalue weighted by Crippen LogP contribution is 2.34. The molecule has 0 N–H and O–H groups in total. The van der Waals surface area contributed by atoms with Crippen molar-refractivity contribution in [1.82, 2.24) is 14.8 Å². The van der Waals surface area contributed by atoms with Crippen LogP contribution in [0.15, 0.2) is 48.8 Å². The molecule has 0 fully saturated rings. The molecule has 29 heavy (non-hydrogen) atoms. The van der Waals surface area contributed by atoms with Gasteiger partial charge in [-0.05, 0) is 43.7 Å². The maximum atomic E-state index is 13.3. The number of fused-ring (bicyclic) bond motifs is 1. The number of aromatic nitrogens is 3. The van der Waals surface area contributed by atoms with Gasteiger partial charge < -0.3 is 9.64 Å². The van der Waals surface area contributed by atoms with E-state index in [2.05, 4.69) is 14.8 Å². The fraction of sp³-hybridized carbons (Fsp3) is 0.250. The van der Waals surface area contributed by atoms with Crippen LogP contribution in [0.5, 0.6) is 5.75 Å². The van der Waals surface area contributed by atoms with E-state index in [1.165, 1.54) is 23.1 Å². The molecule has 1 aromatic carbocycles. The van der Waals surface area contributed by atoms with Crippen molar-refractivity contribution >= 4 is 11.6 Å². The van der Waals surface area contributed by atoms with Crippen LogP contribution in [-0.4, -0.2) is 33.6 Å². The maximum Gasteiger partial charge on any atom is 0.573 e. The number of pyridine rings is 1. The highest BCUT2D eigenvalue weighted by molar-refractivity contribution is 6.09. The Morgan fingerprint density at radius 2 is 2.00 bits per heavy atom. The first-order valence-electron chi connectivity index (χ1n) is 8.91. The Kier molecular flexibility index (Phi) is 4.52. The fourth-order valence-electron chi connectivity index (χ4n) is 3.46. The molecule has 1 amide bonds. The second-order valence-corrected chi connectivity index (χ2v) is 6.85. The zero-order valence-electron chi connectivity index (χ0n) is 15.6. The van der Waals surface area contributed by atoms with Crippen LogP contribution in [0.4, 0.5) is 18.9 Å². The summed E-state index contributed by atoms with van der Waals surface area (Å²) in [7, 11) is 0. The Balaban J connectivity index is 1.74. The number of hydrogen-bond acceptors (Lipinski definition) is 4. The van der Waals surface area contributed by atoms with Gasteiger partial charge in [-0.2, -0.15) is 5.10 Å². The van der Waals surface area contributed by atoms with Crippen molar-refractivity contribution in [1.29, 1.82) is 0 Å². The van der Waals surface area contributed by atoms with Crippen molar-refractivity contribution in [2.75, 3.05) is 11.4 Å². The van der Waals surface area contributed by atoms with E-state index >= 15 is 0 Å². The summed E-state index contributed by atoms with van der Waals surface area (Å²) < 4.78 is 43.3. The lowest BCUT2D eigenvalue weighted by atomic mass is 10.0. The topological polar surface area (TPSA) is 60.2 Å². The summed E-state index contributed by atoms with van der Waals surface area (Å²) in [6.07, 6.45) is -1.52. The molecule has 4 rings (SSSR count). The number of hydrogen-bond donors (Lipinski definition) is 0. The van der Waals surface area contributed by atoms with Crippen LogP contribution in [0.25, 0.3) is 11.1 Å². The highest BCUT2D eigenvalue weighted by Gasteiger charge is 2.35. The van der Waals surface area contributed by atoms with E-state index in [9.17, 15) is 18.0 Å². The molecule has 0 bridgehead atoms. The molecule has 2 aromatic heterocycles. The Hall–Kier alpha value is -3.36. The Labute approximate surface area is 164 Å². The first-order chi connectivity index (χ1) is 13.7. The minimum absolute atomic E-state index is 0.161. The summed E-state index contributed by atoms with van der Waals surface area (Å²) in [4.78, 5) is 18.9.